The third-order valence-electron chi connectivity index (χ3n) is 4.50. The molecule has 0 amide bonds. The van der Waals surface area contributed by atoms with Gasteiger partial charge in [-0.2, -0.15) is 0 Å². The van der Waals surface area contributed by atoms with E-state index >= 15 is 0 Å². The minimum Gasteiger partial charge on any atom is -0.497 e. The molecule has 4 nitrogen and oxygen atoms in total. The first-order chi connectivity index (χ1) is 12.7. The van der Waals surface area contributed by atoms with Crippen molar-refractivity contribution in [1.82, 2.24) is 9.88 Å². The van der Waals surface area contributed by atoms with Crippen LogP contribution in [0.15, 0.2) is 60.4 Å². The number of allylic oxidation sites excluding steroid dienone is 1. The van der Waals surface area contributed by atoms with Gasteiger partial charge in [-0.15, -0.1) is 0 Å². The summed E-state index contributed by atoms with van der Waals surface area (Å²) in [6.45, 7) is 1.60. The number of thiocarbonyl (C=S) groups is 1. The van der Waals surface area contributed by atoms with Crippen molar-refractivity contribution in [3.05, 3.63) is 66.0 Å². The van der Waals surface area contributed by atoms with E-state index in [4.69, 9.17) is 17.0 Å². The zero-order chi connectivity index (χ0) is 18.2. The van der Waals surface area contributed by atoms with E-state index in [0.29, 0.717) is 0 Å². The van der Waals surface area contributed by atoms with Gasteiger partial charge in [0, 0.05) is 31.2 Å². The van der Waals surface area contributed by atoms with E-state index in [2.05, 4.69) is 27.3 Å². The molecule has 0 saturated heterocycles. The van der Waals surface area contributed by atoms with Crippen LogP contribution in [-0.4, -0.2) is 28.7 Å². The van der Waals surface area contributed by atoms with E-state index in [1.165, 1.54) is 24.8 Å². The smallest absolute Gasteiger partial charge is 0.174 e. The highest BCUT2D eigenvalue weighted by molar-refractivity contribution is 7.80. The molecule has 1 heterocycles. The third-order valence-corrected chi connectivity index (χ3v) is 4.86. The van der Waals surface area contributed by atoms with Gasteiger partial charge in [-0.05, 0) is 73.8 Å². The van der Waals surface area contributed by atoms with Gasteiger partial charge < -0.3 is 15.0 Å². The number of nitrogens with zero attached hydrogens (tertiary/aromatic N) is 2. The van der Waals surface area contributed by atoms with Crippen LogP contribution >= 0.6 is 12.2 Å². The third kappa shape index (κ3) is 5.30. The van der Waals surface area contributed by atoms with Gasteiger partial charge in [-0.3, -0.25) is 4.98 Å². The lowest BCUT2D eigenvalue weighted by Crippen LogP contribution is -2.36. The molecule has 0 spiro atoms. The fraction of sp³-hybridized carbons (Fsp3) is 0.333. The van der Waals surface area contributed by atoms with Crippen LogP contribution in [0.2, 0.25) is 0 Å². The quantitative estimate of drug-likeness (QED) is 0.587. The van der Waals surface area contributed by atoms with Gasteiger partial charge in [0.2, 0.25) is 0 Å². The predicted molar refractivity (Wildman–Crippen MR) is 110 cm³/mol. The van der Waals surface area contributed by atoms with Gasteiger partial charge in [0.05, 0.1) is 7.11 Å². The highest BCUT2D eigenvalue weighted by atomic mass is 32.1. The molecule has 1 N–H and O–H groups in total. The first-order valence-corrected chi connectivity index (χ1v) is 9.42. The Labute approximate surface area is 160 Å². The summed E-state index contributed by atoms with van der Waals surface area (Å²) in [5, 5.41) is 4.08. The van der Waals surface area contributed by atoms with Crippen molar-refractivity contribution in [3.63, 3.8) is 0 Å². The number of hydrogen-bond acceptors (Lipinski definition) is 3. The summed E-state index contributed by atoms with van der Waals surface area (Å²) >= 11 is 5.72. The van der Waals surface area contributed by atoms with Crippen LogP contribution in [-0.2, 0) is 6.54 Å². The number of rotatable bonds is 6. The van der Waals surface area contributed by atoms with Gasteiger partial charge in [0.25, 0.3) is 0 Å². The molecular formula is C21H25N3OS. The van der Waals surface area contributed by atoms with Crippen LogP contribution in [0.5, 0.6) is 5.75 Å². The SMILES string of the molecule is COc1ccc(NC(=S)N(CC2=CCCCC2)Cc2cccnc2)cc1. The summed E-state index contributed by atoms with van der Waals surface area (Å²) in [5.74, 6) is 0.834. The maximum absolute atomic E-state index is 5.72. The van der Waals surface area contributed by atoms with Crippen molar-refractivity contribution in [2.24, 2.45) is 0 Å². The van der Waals surface area contributed by atoms with Crippen LogP contribution in [0.1, 0.15) is 31.2 Å². The molecule has 3 rings (SSSR count). The summed E-state index contributed by atoms with van der Waals surface area (Å²) < 4.78 is 5.22. The number of hydrogen-bond donors (Lipinski definition) is 1. The maximum atomic E-state index is 5.72. The number of pyridine rings is 1. The van der Waals surface area contributed by atoms with Crippen molar-refractivity contribution in [2.75, 3.05) is 19.0 Å². The van der Waals surface area contributed by atoms with Crippen molar-refractivity contribution < 1.29 is 4.74 Å². The lowest BCUT2D eigenvalue weighted by atomic mass is 9.99. The van der Waals surface area contributed by atoms with Gasteiger partial charge >= 0.3 is 0 Å². The molecule has 2 aromatic rings. The first-order valence-electron chi connectivity index (χ1n) is 9.01. The molecule has 0 bridgehead atoms. The van der Waals surface area contributed by atoms with Crippen molar-refractivity contribution in [2.45, 2.75) is 32.2 Å². The molecule has 1 aliphatic carbocycles. The average Bonchev–Trinajstić information content (AvgIpc) is 2.69. The predicted octanol–water partition coefficient (Wildman–Crippen LogP) is 4.79. The summed E-state index contributed by atoms with van der Waals surface area (Å²) in [5.41, 5.74) is 3.59. The topological polar surface area (TPSA) is 37.4 Å². The first kappa shape index (κ1) is 18.4. The van der Waals surface area contributed by atoms with Crippen LogP contribution in [0.3, 0.4) is 0 Å². The number of anilines is 1. The molecule has 1 aliphatic rings. The van der Waals surface area contributed by atoms with E-state index in [1.807, 2.05) is 36.5 Å². The minimum atomic E-state index is 0.727. The highest BCUT2D eigenvalue weighted by Crippen LogP contribution is 2.21. The summed E-state index contributed by atoms with van der Waals surface area (Å²) in [4.78, 5) is 6.44. The number of methoxy groups -OCH3 is 1. The molecule has 26 heavy (non-hydrogen) atoms. The Morgan fingerprint density at radius 3 is 2.69 bits per heavy atom. The molecule has 0 fully saturated rings. The summed E-state index contributed by atoms with van der Waals surface area (Å²) in [6.07, 6.45) is 11.0. The number of nitrogens with one attached hydrogen (secondary N) is 1. The lowest BCUT2D eigenvalue weighted by molar-refractivity contribution is 0.415. The standard InChI is InChI=1S/C21H25N3OS/c1-25-20-11-9-19(10-12-20)23-21(26)24(15-17-6-3-2-4-7-17)16-18-8-5-13-22-14-18/h5-6,8-14H,2-4,7,15-16H2,1H3,(H,23,26). The second-order valence-corrected chi connectivity index (χ2v) is 6.87. The van der Waals surface area contributed by atoms with Crippen molar-refractivity contribution in [3.8, 4) is 5.75 Å². The minimum absolute atomic E-state index is 0.727. The van der Waals surface area contributed by atoms with Crippen LogP contribution < -0.4 is 10.1 Å². The molecule has 0 saturated carbocycles. The Hall–Kier alpha value is -2.40. The molecule has 0 atom stereocenters. The van der Waals surface area contributed by atoms with Crippen LogP contribution in [0.25, 0.3) is 0 Å². The van der Waals surface area contributed by atoms with E-state index in [9.17, 15) is 0 Å². The van der Waals surface area contributed by atoms with E-state index in [1.54, 1.807) is 13.3 Å². The summed E-state index contributed by atoms with van der Waals surface area (Å²) in [6, 6.07) is 11.9. The Kier molecular flexibility index (Phi) is 6.61. The fourth-order valence-corrected chi connectivity index (χ4v) is 3.33. The van der Waals surface area contributed by atoms with Gasteiger partial charge in [0.1, 0.15) is 5.75 Å². The molecule has 136 valence electrons. The van der Waals surface area contributed by atoms with Crippen molar-refractivity contribution in [1.29, 1.82) is 0 Å². The largest absolute Gasteiger partial charge is 0.497 e. The fourth-order valence-electron chi connectivity index (χ4n) is 3.08. The Balaban J connectivity index is 1.71. The Bertz CT molecular complexity index is 744. The Morgan fingerprint density at radius 2 is 2.04 bits per heavy atom. The molecule has 5 heteroatoms. The molecule has 0 unspecified atom stereocenters. The normalized spacial score (nSPS) is 13.7. The van der Waals surface area contributed by atoms with E-state index in [-0.39, 0.29) is 0 Å². The second-order valence-electron chi connectivity index (χ2n) is 6.48. The van der Waals surface area contributed by atoms with Gasteiger partial charge in [0.15, 0.2) is 5.11 Å². The highest BCUT2D eigenvalue weighted by Gasteiger charge is 2.14. The summed E-state index contributed by atoms with van der Waals surface area (Å²) in [7, 11) is 1.67. The van der Waals surface area contributed by atoms with Crippen LogP contribution in [0.4, 0.5) is 5.69 Å². The van der Waals surface area contributed by atoms with Crippen LogP contribution in [0, 0.1) is 0 Å². The van der Waals surface area contributed by atoms with Crippen molar-refractivity contribution >= 4 is 23.0 Å². The maximum Gasteiger partial charge on any atom is 0.174 e. The number of ether oxygens (including phenoxy) is 1. The van der Waals surface area contributed by atoms with Gasteiger partial charge in [-0.1, -0.05) is 17.7 Å². The molecule has 1 aromatic heterocycles. The average molecular weight is 368 g/mol. The molecular weight excluding hydrogens is 342 g/mol. The Morgan fingerprint density at radius 1 is 1.19 bits per heavy atom. The zero-order valence-electron chi connectivity index (χ0n) is 15.1. The number of aromatic nitrogens is 1. The van der Waals surface area contributed by atoms with Gasteiger partial charge in [-0.25, -0.2) is 0 Å². The lowest BCUT2D eigenvalue weighted by Gasteiger charge is -2.28. The zero-order valence-corrected chi connectivity index (χ0v) is 16.0. The second kappa shape index (κ2) is 9.34. The number of benzene rings is 1. The van der Waals surface area contributed by atoms with E-state index in [0.717, 1.165) is 41.6 Å². The monoisotopic (exact) mass is 367 g/mol. The molecule has 0 radical (unpaired) electrons. The molecule has 0 aliphatic heterocycles. The molecule has 1 aromatic carbocycles. The van der Waals surface area contributed by atoms with E-state index < -0.39 is 0 Å².